The number of carbonyl (C=O) groups is 2. The van der Waals surface area contributed by atoms with Crippen LogP contribution in [-0.4, -0.2) is 58.5 Å². The fourth-order valence-electron chi connectivity index (χ4n) is 4.37. The van der Waals surface area contributed by atoms with Crippen LogP contribution >= 0.6 is 23.2 Å². The van der Waals surface area contributed by atoms with Gasteiger partial charge in [0.25, 0.3) is 10.0 Å². The molecule has 42 heavy (non-hydrogen) atoms. The number of halogens is 2. The van der Waals surface area contributed by atoms with Gasteiger partial charge < -0.3 is 19.7 Å². The molecule has 1 atom stereocenters. The lowest BCUT2D eigenvalue weighted by Gasteiger charge is -2.33. The number of amides is 2. The highest BCUT2D eigenvalue weighted by Crippen LogP contribution is 2.34. The van der Waals surface area contributed by atoms with Crippen molar-refractivity contribution in [3.8, 4) is 11.5 Å². The first-order valence-electron chi connectivity index (χ1n) is 13.4. The first-order chi connectivity index (χ1) is 20.1. The third-order valence-electron chi connectivity index (χ3n) is 6.59. The lowest BCUT2D eigenvalue weighted by Crippen LogP contribution is -2.52. The molecule has 0 heterocycles. The number of benzene rings is 3. The average molecular weight is 637 g/mol. The van der Waals surface area contributed by atoms with E-state index in [1.165, 1.54) is 43.4 Å². The second-order valence-corrected chi connectivity index (χ2v) is 12.0. The number of rotatable bonds is 14. The maximum Gasteiger partial charge on any atom is 0.264 e. The van der Waals surface area contributed by atoms with Gasteiger partial charge in [0.2, 0.25) is 11.8 Å². The summed E-state index contributed by atoms with van der Waals surface area (Å²) >= 11 is 12.9. The van der Waals surface area contributed by atoms with Gasteiger partial charge in [-0.3, -0.25) is 13.9 Å². The van der Waals surface area contributed by atoms with Crippen LogP contribution in [0.1, 0.15) is 32.3 Å². The molecule has 1 N–H and O–H groups in total. The number of nitrogens with one attached hydrogen (secondary N) is 1. The number of hydrogen-bond acceptors (Lipinski definition) is 6. The minimum Gasteiger partial charge on any atom is -0.493 e. The van der Waals surface area contributed by atoms with Crippen molar-refractivity contribution in [2.75, 3.05) is 31.6 Å². The Bertz CT molecular complexity index is 1470. The predicted molar refractivity (Wildman–Crippen MR) is 165 cm³/mol. The largest absolute Gasteiger partial charge is 0.493 e. The molecule has 2 amide bonds. The van der Waals surface area contributed by atoms with Crippen LogP contribution < -0.4 is 19.1 Å². The third kappa shape index (κ3) is 7.67. The molecule has 1 unspecified atom stereocenters. The van der Waals surface area contributed by atoms with Crippen molar-refractivity contribution >= 4 is 50.7 Å². The molecule has 3 rings (SSSR count). The number of sulfonamides is 1. The minimum absolute atomic E-state index is 0.0130. The lowest BCUT2D eigenvalue weighted by atomic mass is 10.1. The summed E-state index contributed by atoms with van der Waals surface area (Å²) in [5.74, 6) is -0.322. The molecule has 0 aliphatic rings. The number of carbonyl (C=O) groups excluding carboxylic acids is 2. The van der Waals surface area contributed by atoms with Crippen molar-refractivity contribution in [1.29, 1.82) is 0 Å². The number of anilines is 1. The molecule has 0 bridgehead atoms. The zero-order valence-electron chi connectivity index (χ0n) is 24.0. The predicted octanol–water partition coefficient (Wildman–Crippen LogP) is 5.54. The average Bonchev–Trinajstić information content (AvgIpc) is 2.99. The highest BCUT2D eigenvalue weighted by molar-refractivity contribution is 7.92. The summed E-state index contributed by atoms with van der Waals surface area (Å²) in [5, 5.41) is 3.48. The Morgan fingerprint density at radius 1 is 0.905 bits per heavy atom. The van der Waals surface area contributed by atoms with Crippen LogP contribution in [0, 0.1) is 0 Å². The maximum absolute atomic E-state index is 14.2. The normalized spacial score (nSPS) is 11.9. The molecule has 0 radical (unpaired) electrons. The number of methoxy groups -OCH3 is 2. The molecule has 0 aliphatic carbocycles. The minimum atomic E-state index is -4.25. The molecule has 0 fully saturated rings. The van der Waals surface area contributed by atoms with E-state index in [1.807, 2.05) is 6.92 Å². The maximum atomic E-state index is 14.2. The van der Waals surface area contributed by atoms with Gasteiger partial charge in [0, 0.05) is 34.8 Å². The molecule has 0 aliphatic heterocycles. The third-order valence-corrected chi connectivity index (χ3v) is 9.09. The molecule has 12 heteroatoms. The Kier molecular flexibility index (Phi) is 11.9. The standard InChI is InChI=1S/C30H35Cl2N3O6S/c1-5-17-33-30(37)26(6-2)34(19-23-24(31)13-10-14-25(23)32)29(36)20-35(42(38,39)22-11-8-7-9-12-22)21-15-16-27(40-3)28(18-21)41-4/h7-16,18,26H,5-6,17,19-20H2,1-4H3,(H,33,37). The highest BCUT2D eigenvalue weighted by atomic mass is 35.5. The Labute approximate surface area is 257 Å². The van der Waals surface area contributed by atoms with Gasteiger partial charge in [0.05, 0.1) is 24.8 Å². The summed E-state index contributed by atoms with van der Waals surface area (Å²) in [7, 11) is -1.35. The van der Waals surface area contributed by atoms with Gasteiger partial charge in [-0.15, -0.1) is 0 Å². The quantitative estimate of drug-likeness (QED) is 0.249. The second kappa shape index (κ2) is 15.1. The topological polar surface area (TPSA) is 105 Å². The van der Waals surface area contributed by atoms with Crippen molar-refractivity contribution in [3.05, 3.63) is 82.3 Å². The van der Waals surface area contributed by atoms with Crippen molar-refractivity contribution in [1.82, 2.24) is 10.2 Å². The van der Waals surface area contributed by atoms with Crippen molar-refractivity contribution in [2.45, 2.75) is 44.2 Å². The molecule has 9 nitrogen and oxygen atoms in total. The summed E-state index contributed by atoms with van der Waals surface area (Å²) in [5.41, 5.74) is 0.614. The van der Waals surface area contributed by atoms with Gasteiger partial charge in [-0.1, -0.05) is 61.3 Å². The first-order valence-corrected chi connectivity index (χ1v) is 15.6. The fraction of sp³-hybridized carbons (Fsp3) is 0.333. The summed E-state index contributed by atoms with van der Waals surface area (Å²) in [6.07, 6.45) is 0.972. The van der Waals surface area contributed by atoms with Crippen LogP contribution in [0.5, 0.6) is 11.5 Å². The summed E-state index contributed by atoms with van der Waals surface area (Å²) < 4.78 is 39.7. The Hall–Kier alpha value is -3.47. The number of nitrogens with zero attached hydrogens (tertiary/aromatic N) is 2. The highest BCUT2D eigenvalue weighted by Gasteiger charge is 2.34. The van der Waals surface area contributed by atoms with E-state index in [4.69, 9.17) is 32.7 Å². The summed E-state index contributed by atoms with van der Waals surface area (Å²) in [6, 6.07) is 16.4. The zero-order chi connectivity index (χ0) is 30.9. The Morgan fingerprint density at radius 3 is 2.12 bits per heavy atom. The van der Waals surface area contributed by atoms with E-state index in [9.17, 15) is 18.0 Å². The molecule has 226 valence electrons. The van der Waals surface area contributed by atoms with Gasteiger partial charge in [-0.2, -0.15) is 0 Å². The molecule has 0 saturated carbocycles. The van der Waals surface area contributed by atoms with Crippen LogP contribution in [0.2, 0.25) is 10.0 Å². The number of hydrogen-bond donors (Lipinski definition) is 1. The van der Waals surface area contributed by atoms with Crippen molar-refractivity contribution in [3.63, 3.8) is 0 Å². The van der Waals surface area contributed by atoms with Gasteiger partial charge in [0.15, 0.2) is 11.5 Å². The number of ether oxygens (including phenoxy) is 2. The second-order valence-electron chi connectivity index (χ2n) is 9.30. The summed E-state index contributed by atoms with van der Waals surface area (Å²) in [4.78, 5) is 28.7. The zero-order valence-corrected chi connectivity index (χ0v) is 26.3. The van der Waals surface area contributed by atoms with Crippen molar-refractivity contribution in [2.24, 2.45) is 0 Å². The Morgan fingerprint density at radius 2 is 1.55 bits per heavy atom. The van der Waals surface area contributed by atoms with E-state index in [-0.39, 0.29) is 35.2 Å². The molecular weight excluding hydrogens is 601 g/mol. The van der Waals surface area contributed by atoms with E-state index in [2.05, 4.69) is 5.32 Å². The molecule has 3 aromatic rings. The van der Waals surface area contributed by atoms with Crippen LogP contribution in [0.25, 0.3) is 0 Å². The first kappa shape index (κ1) is 33.0. The lowest BCUT2D eigenvalue weighted by molar-refractivity contribution is -0.140. The van der Waals surface area contributed by atoms with E-state index < -0.39 is 28.5 Å². The smallest absolute Gasteiger partial charge is 0.264 e. The van der Waals surface area contributed by atoms with Gasteiger partial charge in [0.1, 0.15) is 12.6 Å². The van der Waals surface area contributed by atoms with Crippen LogP contribution in [0.3, 0.4) is 0 Å². The summed E-state index contributed by atoms with van der Waals surface area (Å²) in [6.45, 7) is 3.39. The van der Waals surface area contributed by atoms with E-state index >= 15 is 0 Å². The van der Waals surface area contributed by atoms with Gasteiger partial charge >= 0.3 is 0 Å². The van der Waals surface area contributed by atoms with Crippen LogP contribution in [-0.2, 0) is 26.2 Å². The van der Waals surface area contributed by atoms with Gasteiger partial charge in [-0.25, -0.2) is 8.42 Å². The van der Waals surface area contributed by atoms with Crippen LogP contribution in [0.4, 0.5) is 5.69 Å². The molecule has 0 saturated heterocycles. The molecule has 0 aromatic heterocycles. The van der Waals surface area contributed by atoms with Crippen LogP contribution in [0.15, 0.2) is 71.6 Å². The van der Waals surface area contributed by atoms with E-state index in [1.54, 1.807) is 49.4 Å². The van der Waals surface area contributed by atoms with Crippen molar-refractivity contribution < 1.29 is 27.5 Å². The monoisotopic (exact) mass is 635 g/mol. The van der Waals surface area contributed by atoms with Gasteiger partial charge in [-0.05, 0) is 49.2 Å². The molecule has 0 spiro atoms. The van der Waals surface area contributed by atoms with E-state index in [0.29, 0.717) is 34.3 Å². The Balaban J connectivity index is 2.13. The molecule has 3 aromatic carbocycles. The fourth-order valence-corrected chi connectivity index (χ4v) is 6.31. The SMILES string of the molecule is CCCNC(=O)C(CC)N(Cc1c(Cl)cccc1Cl)C(=O)CN(c1ccc(OC)c(OC)c1)S(=O)(=O)c1ccccc1. The van der Waals surface area contributed by atoms with E-state index in [0.717, 1.165) is 4.31 Å². The molecular formula is C30H35Cl2N3O6S.